The second kappa shape index (κ2) is 6.39. The molecule has 8 heteroatoms. The Bertz CT molecular complexity index is 669. The summed E-state index contributed by atoms with van der Waals surface area (Å²) in [7, 11) is -3.56. The Morgan fingerprint density at radius 3 is 2.50 bits per heavy atom. The Morgan fingerprint density at radius 1 is 1.27 bits per heavy atom. The average Bonchev–Trinajstić information content (AvgIpc) is 2.46. The number of benzene rings is 1. The summed E-state index contributed by atoms with van der Waals surface area (Å²) in [6.07, 6.45) is -2.63. The van der Waals surface area contributed by atoms with Gasteiger partial charge in [0.05, 0.1) is 5.56 Å². The minimum absolute atomic E-state index is 0.0663. The second-order valence-corrected chi connectivity index (χ2v) is 6.64. The lowest BCUT2D eigenvalue weighted by molar-refractivity contribution is -0.137. The Hall–Kier alpha value is -1.38. The fraction of sp³-hybridized carbons (Fsp3) is 0.429. The normalized spacial score (nSPS) is 17.4. The Balaban J connectivity index is 2.26. The molecule has 22 heavy (non-hydrogen) atoms. The van der Waals surface area contributed by atoms with Crippen LogP contribution in [-0.4, -0.2) is 32.4 Å². The molecule has 4 nitrogen and oxygen atoms in total. The molecule has 1 aliphatic rings. The van der Waals surface area contributed by atoms with Gasteiger partial charge in [-0.1, -0.05) is 31.2 Å². The molecular weight excluding hydrogens is 317 g/mol. The van der Waals surface area contributed by atoms with Gasteiger partial charge in [0.2, 0.25) is 0 Å². The Labute approximate surface area is 127 Å². The van der Waals surface area contributed by atoms with Gasteiger partial charge in [0.15, 0.2) is 0 Å². The van der Waals surface area contributed by atoms with Gasteiger partial charge in [-0.05, 0) is 23.6 Å². The lowest BCUT2D eigenvalue weighted by Crippen LogP contribution is -2.42. The van der Waals surface area contributed by atoms with Gasteiger partial charge in [-0.2, -0.15) is 25.9 Å². The lowest BCUT2D eigenvalue weighted by Gasteiger charge is -2.26. The van der Waals surface area contributed by atoms with Crippen molar-refractivity contribution in [3.05, 3.63) is 41.5 Å². The van der Waals surface area contributed by atoms with Gasteiger partial charge in [-0.15, -0.1) is 0 Å². The van der Waals surface area contributed by atoms with Crippen molar-refractivity contribution in [1.82, 2.24) is 9.03 Å². The van der Waals surface area contributed by atoms with Crippen LogP contribution in [0.5, 0.6) is 0 Å². The molecule has 1 aromatic carbocycles. The van der Waals surface area contributed by atoms with Crippen LogP contribution < -0.4 is 4.72 Å². The van der Waals surface area contributed by atoms with Gasteiger partial charge < -0.3 is 0 Å². The van der Waals surface area contributed by atoms with E-state index in [1.165, 1.54) is 16.4 Å². The van der Waals surface area contributed by atoms with Crippen molar-refractivity contribution in [1.29, 1.82) is 0 Å². The van der Waals surface area contributed by atoms with E-state index in [0.29, 0.717) is 5.57 Å². The Morgan fingerprint density at radius 2 is 1.95 bits per heavy atom. The largest absolute Gasteiger partial charge is 0.416 e. The Kier molecular flexibility index (Phi) is 4.93. The number of nitrogens with zero attached hydrogens (tertiary/aromatic N) is 1. The third-order valence-electron chi connectivity index (χ3n) is 3.42. The summed E-state index contributed by atoms with van der Waals surface area (Å²) in [6, 6.07) is 5.35. The van der Waals surface area contributed by atoms with E-state index in [4.69, 9.17) is 0 Å². The van der Waals surface area contributed by atoms with Gasteiger partial charge in [-0.3, -0.25) is 0 Å². The first-order chi connectivity index (χ1) is 10.3. The maximum Gasteiger partial charge on any atom is 0.416 e. The molecule has 2 rings (SSSR count). The monoisotopic (exact) mass is 334 g/mol. The lowest BCUT2D eigenvalue weighted by atomic mass is 9.95. The summed E-state index contributed by atoms with van der Waals surface area (Å²) in [5.74, 6) is 0. The molecule has 122 valence electrons. The van der Waals surface area contributed by atoms with Crippen LogP contribution in [0.1, 0.15) is 24.5 Å². The van der Waals surface area contributed by atoms with Crippen LogP contribution in [0.2, 0.25) is 0 Å². The van der Waals surface area contributed by atoms with Crippen LogP contribution in [0.25, 0.3) is 5.57 Å². The molecule has 1 heterocycles. The molecule has 0 saturated carbocycles. The van der Waals surface area contributed by atoms with Crippen LogP contribution >= 0.6 is 0 Å². The molecule has 1 aliphatic heterocycles. The zero-order valence-corrected chi connectivity index (χ0v) is 12.8. The summed E-state index contributed by atoms with van der Waals surface area (Å²) < 4.78 is 66.4. The number of hydrogen-bond donors (Lipinski definition) is 1. The fourth-order valence-electron chi connectivity index (χ4n) is 2.40. The highest BCUT2D eigenvalue weighted by molar-refractivity contribution is 7.87. The molecule has 0 saturated heterocycles. The van der Waals surface area contributed by atoms with Crippen molar-refractivity contribution < 1.29 is 21.6 Å². The predicted octanol–water partition coefficient (Wildman–Crippen LogP) is 2.65. The van der Waals surface area contributed by atoms with Crippen molar-refractivity contribution in [3.8, 4) is 0 Å². The highest BCUT2D eigenvalue weighted by atomic mass is 32.2. The quantitative estimate of drug-likeness (QED) is 0.920. The van der Waals surface area contributed by atoms with E-state index in [1.54, 1.807) is 19.1 Å². The van der Waals surface area contributed by atoms with Gasteiger partial charge in [0, 0.05) is 19.6 Å². The van der Waals surface area contributed by atoms with E-state index in [9.17, 15) is 21.6 Å². The van der Waals surface area contributed by atoms with Crippen LogP contribution in [0.4, 0.5) is 13.2 Å². The van der Waals surface area contributed by atoms with E-state index in [0.717, 1.165) is 6.07 Å². The van der Waals surface area contributed by atoms with Crippen molar-refractivity contribution in [2.24, 2.45) is 0 Å². The zero-order chi connectivity index (χ0) is 16.4. The smallest absolute Gasteiger partial charge is 0.202 e. The summed E-state index contributed by atoms with van der Waals surface area (Å²) >= 11 is 0. The molecule has 0 atom stereocenters. The number of nitrogens with one attached hydrogen (secondary N) is 1. The molecular formula is C14H17F3N2O2S. The molecule has 0 spiro atoms. The standard InChI is InChI=1S/C14H17F3N2O2S/c1-2-18-22(20,21)19-9-7-11(8-10-19)12-5-3-4-6-13(12)14(15,16)17/h3-7,18H,2,8-10H2,1H3. The van der Waals surface area contributed by atoms with Crippen molar-refractivity contribution >= 4 is 15.8 Å². The van der Waals surface area contributed by atoms with Gasteiger partial charge in [-0.25, -0.2) is 4.72 Å². The zero-order valence-electron chi connectivity index (χ0n) is 12.0. The minimum atomic E-state index is -4.43. The van der Waals surface area contributed by atoms with Crippen molar-refractivity contribution in [3.63, 3.8) is 0 Å². The van der Waals surface area contributed by atoms with Crippen molar-refractivity contribution in [2.75, 3.05) is 19.6 Å². The average molecular weight is 334 g/mol. The molecule has 0 aromatic heterocycles. The maximum absolute atomic E-state index is 13.0. The van der Waals surface area contributed by atoms with E-state index in [2.05, 4.69) is 4.72 Å². The highest BCUT2D eigenvalue weighted by Crippen LogP contribution is 2.36. The molecule has 0 radical (unpaired) electrons. The molecule has 0 fully saturated rings. The number of halogens is 3. The minimum Gasteiger partial charge on any atom is -0.202 e. The SMILES string of the molecule is CCNS(=O)(=O)N1CC=C(c2ccccc2C(F)(F)F)CC1. The van der Waals surface area contributed by atoms with E-state index in [-0.39, 0.29) is 31.6 Å². The van der Waals surface area contributed by atoms with E-state index in [1.807, 2.05) is 0 Å². The maximum atomic E-state index is 13.0. The molecule has 1 aromatic rings. The molecule has 0 aliphatic carbocycles. The van der Waals surface area contributed by atoms with Crippen LogP contribution in [0.15, 0.2) is 30.3 Å². The third kappa shape index (κ3) is 3.68. The van der Waals surface area contributed by atoms with Gasteiger partial charge >= 0.3 is 6.18 Å². The summed E-state index contributed by atoms with van der Waals surface area (Å²) in [5, 5.41) is 0. The number of alkyl halides is 3. The van der Waals surface area contributed by atoms with Crippen LogP contribution in [0, 0.1) is 0 Å². The molecule has 0 bridgehead atoms. The first-order valence-electron chi connectivity index (χ1n) is 6.86. The van der Waals surface area contributed by atoms with Crippen LogP contribution in [0.3, 0.4) is 0 Å². The first kappa shape index (κ1) is 17.0. The van der Waals surface area contributed by atoms with Crippen molar-refractivity contribution in [2.45, 2.75) is 19.5 Å². The van der Waals surface area contributed by atoms with Crippen LogP contribution in [-0.2, 0) is 16.4 Å². The fourth-order valence-corrected chi connectivity index (χ4v) is 3.55. The topological polar surface area (TPSA) is 49.4 Å². The third-order valence-corrected chi connectivity index (χ3v) is 5.08. The van der Waals surface area contributed by atoms with Gasteiger partial charge in [0.1, 0.15) is 0 Å². The van der Waals surface area contributed by atoms with E-state index < -0.39 is 21.9 Å². The predicted molar refractivity (Wildman–Crippen MR) is 78.2 cm³/mol. The number of rotatable bonds is 4. The van der Waals surface area contributed by atoms with Gasteiger partial charge in [0.25, 0.3) is 10.2 Å². The summed E-state index contributed by atoms with van der Waals surface area (Å²) in [4.78, 5) is 0. The first-order valence-corrected chi connectivity index (χ1v) is 8.30. The van der Waals surface area contributed by atoms with E-state index >= 15 is 0 Å². The molecule has 0 amide bonds. The second-order valence-electron chi connectivity index (χ2n) is 4.88. The number of hydrogen-bond acceptors (Lipinski definition) is 2. The molecule has 0 unspecified atom stereocenters. The highest BCUT2D eigenvalue weighted by Gasteiger charge is 2.34. The molecule has 1 N–H and O–H groups in total. The summed E-state index contributed by atoms with van der Waals surface area (Å²) in [5.41, 5.74) is -0.0457. The summed E-state index contributed by atoms with van der Waals surface area (Å²) in [6.45, 7) is 2.17.